The van der Waals surface area contributed by atoms with Crippen molar-refractivity contribution >= 4 is 29.7 Å². The van der Waals surface area contributed by atoms with Gasteiger partial charge in [-0.3, -0.25) is 4.79 Å². The lowest BCUT2D eigenvalue weighted by molar-refractivity contribution is 0.0693. The van der Waals surface area contributed by atoms with E-state index >= 15 is 0 Å². The van der Waals surface area contributed by atoms with Gasteiger partial charge in [0.25, 0.3) is 5.91 Å². The van der Waals surface area contributed by atoms with Crippen molar-refractivity contribution < 1.29 is 4.79 Å². The number of rotatable bonds is 2. The first kappa shape index (κ1) is 14.5. The van der Waals surface area contributed by atoms with E-state index < -0.39 is 0 Å². The van der Waals surface area contributed by atoms with E-state index in [2.05, 4.69) is 0 Å². The summed E-state index contributed by atoms with van der Waals surface area (Å²) in [6.45, 7) is 4.46. The topological polar surface area (TPSA) is 46.3 Å². The summed E-state index contributed by atoms with van der Waals surface area (Å²) in [7, 11) is 0. The molecule has 0 aliphatic carbocycles. The number of carbonyl (C=O) groups is 1. The number of likely N-dealkylation sites (tertiary alicyclic amines) is 1. The second-order valence-corrected chi connectivity index (χ2v) is 5.18. The predicted molar refractivity (Wildman–Crippen MR) is 74.0 cm³/mol. The highest BCUT2D eigenvalue weighted by Gasteiger charge is 2.23. The maximum absolute atomic E-state index is 12.2. The molecule has 96 valence electrons. The number of aryl methyl sites for hydroxylation is 1. The Morgan fingerprint density at radius 1 is 1.47 bits per heavy atom. The van der Waals surface area contributed by atoms with E-state index in [0.29, 0.717) is 5.92 Å². The van der Waals surface area contributed by atoms with Crippen molar-refractivity contribution in [3.8, 4) is 0 Å². The molecule has 0 aromatic carbocycles. The van der Waals surface area contributed by atoms with Gasteiger partial charge in [0.2, 0.25) is 0 Å². The average molecular weight is 275 g/mol. The highest BCUT2D eigenvalue weighted by atomic mass is 35.5. The fourth-order valence-corrected chi connectivity index (χ4v) is 2.94. The quantitative estimate of drug-likeness (QED) is 0.899. The van der Waals surface area contributed by atoms with Gasteiger partial charge in [0.1, 0.15) is 0 Å². The van der Waals surface area contributed by atoms with Gasteiger partial charge in [-0.15, -0.1) is 12.4 Å². The van der Waals surface area contributed by atoms with Crippen LogP contribution in [-0.2, 0) is 0 Å². The summed E-state index contributed by atoms with van der Waals surface area (Å²) in [4.78, 5) is 14.1. The molecular formula is C12H19ClN2OS. The smallest absolute Gasteiger partial charge is 0.254 e. The van der Waals surface area contributed by atoms with Crippen molar-refractivity contribution in [2.24, 2.45) is 11.7 Å². The van der Waals surface area contributed by atoms with E-state index in [-0.39, 0.29) is 18.3 Å². The van der Waals surface area contributed by atoms with Gasteiger partial charge in [-0.25, -0.2) is 0 Å². The van der Waals surface area contributed by atoms with Crippen molar-refractivity contribution in [2.75, 3.05) is 19.6 Å². The molecule has 1 amide bonds. The molecule has 2 rings (SSSR count). The van der Waals surface area contributed by atoms with Crippen LogP contribution in [0.4, 0.5) is 0 Å². The lowest BCUT2D eigenvalue weighted by Crippen LogP contribution is -2.40. The van der Waals surface area contributed by atoms with Gasteiger partial charge in [-0.1, -0.05) is 0 Å². The van der Waals surface area contributed by atoms with E-state index in [4.69, 9.17) is 5.73 Å². The van der Waals surface area contributed by atoms with Crippen molar-refractivity contribution in [1.29, 1.82) is 0 Å². The van der Waals surface area contributed by atoms with Crippen LogP contribution in [0, 0.1) is 12.8 Å². The number of nitrogens with two attached hydrogens (primary N) is 1. The molecule has 5 heteroatoms. The number of hydrogen-bond donors (Lipinski definition) is 1. The van der Waals surface area contributed by atoms with Crippen molar-refractivity contribution in [2.45, 2.75) is 19.8 Å². The van der Waals surface area contributed by atoms with Gasteiger partial charge in [-0.05, 0) is 43.2 Å². The molecule has 1 saturated heterocycles. The molecule has 0 radical (unpaired) electrons. The van der Waals surface area contributed by atoms with Gasteiger partial charge in [0.05, 0.1) is 5.56 Å². The number of hydrogen-bond acceptors (Lipinski definition) is 3. The van der Waals surface area contributed by atoms with Gasteiger partial charge in [0.15, 0.2) is 0 Å². The zero-order valence-electron chi connectivity index (χ0n) is 10.0. The summed E-state index contributed by atoms with van der Waals surface area (Å²) in [5, 5.41) is 3.98. The van der Waals surface area contributed by atoms with Crippen molar-refractivity contribution in [1.82, 2.24) is 4.90 Å². The summed E-state index contributed by atoms with van der Waals surface area (Å²) >= 11 is 1.60. The van der Waals surface area contributed by atoms with Gasteiger partial charge < -0.3 is 10.6 Å². The minimum Gasteiger partial charge on any atom is -0.339 e. The van der Waals surface area contributed by atoms with Gasteiger partial charge in [0, 0.05) is 18.5 Å². The number of amides is 1. The summed E-state index contributed by atoms with van der Waals surface area (Å²) in [6, 6.07) is 0. The Morgan fingerprint density at radius 3 is 2.59 bits per heavy atom. The molecule has 0 bridgehead atoms. The summed E-state index contributed by atoms with van der Waals surface area (Å²) < 4.78 is 0. The molecule has 0 atom stereocenters. The Bertz CT molecular complexity index is 372. The fraction of sp³-hybridized carbons (Fsp3) is 0.583. The molecule has 2 N–H and O–H groups in total. The number of nitrogens with zero attached hydrogens (tertiary/aromatic N) is 1. The first-order valence-corrected chi connectivity index (χ1v) is 6.68. The van der Waals surface area contributed by atoms with Crippen LogP contribution < -0.4 is 5.73 Å². The third-order valence-electron chi connectivity index (χ3n) is 3.32. The van der Waals surface area contributed by atoms with Gasteiger partial charge in [-0.2, -0.15) is 11.3 Å². The molecule has 1 fully saturated rings. The van der Waals surface area contributed by atoms with Crippen LogP contribution in [-0.4, -0.2) is 30.4 Å². The van der Waals surface area contributed by atoms with Crippen LogP contribution in [0.2, 0.25) is 0 Å². The molecule has 17 heavy (non-hydrogen) atoms. The maximum atomic E-state index is 12.2. The predicted octanol–water partition coefficient (Wildman–Crippen LogP) is 2.29. The number of piperidine rings is 1. The third-order valence-corrected chi connectivity index (χ3v) is 4.18. The lowest BCUT2D eigenvalue weighted by Gasteiger charge is -2.31. The van der Waals surface area contributed by atoms with Crippen LogP contribution in [0.1, 0.15) is 28.8 Å². The molecule has 1 aliphatic heterocycles. The Labute approximate surface area is 112 Å². The minimum absolute atomic E-state index is 0. The average Bonchev–Trinajstić information content (AvgIpc) is 2.75. The summed E-state index contributed by atoms with van der Waals surface area (Å²) in [5.41, 5.74) is 7.61. The molecule has 2 heterocycles. The van der Waals surface area contributed by atoms with E-state index in [9.17, 15) is 4.79 Å². The van der Waals surface area contributed by atoms with Crippen molar-refractivity contribution in [3.05, 3.63) is 21.9 Å². The molecule has 0 spiro atoms. The number of carbonyl (C=O) groups excluding carboxylic acids is 1. The largest absolute Gasteiger partial charge is 0.339 e. The van der Waals surface area contributed by atoms with Crippen LogP contribution >= 0.6 is 23.7 Å². The second kappa shape index (κ2) is 6.38. The molecule has 1 aliphatic rings. The van der Waals surface area contributed by atoms with Crippen LogP contribution in [0.3, 0.4) is 0 Å². The summed E-state index contributed by atoms with van der Waals surface area (Å²) in [5.74, 6) is 0.793. The van der Waals surface area contributed by atoms with E-state index in [1.54, 1.807) is 11.3 Å². The van der Waals surface area contributed by atoms with E-state index in [1.807, 2.05) is 22.6 Å². The standard InChI is InChI=1S/C12H18N2OS.ClH/c1-9-7-16-8-11(9)12(15)14-4-2-10(6-13)3-5-14;/h7-8,10H,2-6,13H2,1H3;1H. The van der Waals surface area contributed by atoms with Crippen molar-refractivity contribution in [3.63, 3.8) is 0 Å². The second-order valence-electron chi connectivity index (χ2n) is 4.44. The minimum atomic E-state index is 0. The maximum Gasteiger partial charge on any atom is 0.254 e. The first-order valence-electron chi connectivity index (χ1n) is 5.74. The highest BCUT2D eigenvalue weighted by molar-refractivity contribution is 7.08. The van der Waals surface area contributed by atoms with Crippen LogP contribution in [0.5, 0.6) is 0 Å². The molecule has 3 nitrogen and oxygen atoms in total. The van der Waals surface area contributed by atoms with Crippen LogP contribution in [0.25, 0.3) is 0 Å². The summed E-state index contributed by atoms with van der Waals surface area (Å²) in [6.07, 6.45) is 2.09. The van der Waals surface area contributed by atoms with Gasteiger partial charge >= 0.3 is 0 Å². The van der Waals surface area contributed by atoms with E-state index in [1.165, 1.54) is 0 Å². The zero-order chi connectivity index (χ0) is 11.5. The van der Waals surface area contributed by atoms with Crippen LogP contribution in [0.15, 0.2) is 10.8 Å². The molecule has 0 saturated carbocycles. The number of thiophene rings is 1. The Hall–Kier alpha value is -0.580. The molecule has 1 aromatic rings. The Kier molecular flexibility index (Phi) is 5.43. The molecule has 1 aromatic heterocycles. The Morgan fingerprint density at radius 2 is 2.12 bits per heavy atom. The fourth-order valence-electron chi connectivity index (χ4n) is 2.12. The third kappa shape index (κ3) is 3.21. The number of halogens is 1. The first-order chi connectivity index (χ1) is 7.72. The Balaban J connectivity index is 0.00000144. The molecular weight excluding hydrogens is 256 g/mol. The highest BCUT2D eigenvalue weighted by Crippen LogP contribution is 2.21. The normalized spacial score (nSPS) is 16.7. The van der Waals surface area contributed by atoms with E-state index in [0.717, 1.165) is 43.6 Å². The zero-order valence-corrected chi connectivity index (χ0v) is 11.6. The monoisotopic (exact) mass is 274 g/mol. The SMILES string of the molecule is Cc1cscc1C(=O)N1CCC(CN)CC1.Cl. The molecule has 0 unspecified atom stereocenters. The lowest BCUT2D eigenvalue weighted by atomic mass is 9.96.